The summed E-state index contributed by atoms with van der Waals surface area (Å²) in [6.07, 6.45) is 0. The summed E-state index contributed by atoms with van der Waals surface area (Å²) in [5.74, 6) is -1.37. The Labute approximate surface area is 167 Å². The second-order valence-electron chi connectivity index (χ2n) is 6.69. The number of nitro benzene ring substituents is 1. The number of rotatable bonds is 6. The zero-order chi connectivity index (χ0) is 21.0. The predicted octanol–water partition coefficient (Wildman–Crippen LogP) is 2.40. The van der Waals surface area contributed by atoms with Gasteiger partial charge in [-0.1, -0.05) is 18.2 Å². The number of amides is 1. The molecule has 0 saturated carbocycles. The van der Waals surface area contributed by atoms with Crippen molar-refractivity contribution in [2.45, 2.75) is 6.54 Å². The number of nitro groups is 1. The van der Waals surface area contributed by atoms with Crippen molar-refractivity contribution >= 4 is 23.3 Å². The van der Waals surface area contributed by atoms with Crippen LogP contribution in [0.1, 0.15) is 26.3 Å². The second kappa shape index (κ2) is 8.70. The summed E-state index contributed by atoms with van der Waals surface area (Å²) in [5, 5.41) is 20.5. The van der Waals surface area contributed by atoms with Crippen molar-refractivity contribution in [1.82, 2.24) is 4.90 Å². The summed E-state index contributed by atoms with van der Waals surface area (Å²) in [5.41, 5.74) is 1.36. The summed E-state index contributed by atoms with van der Waals surface area (Å²) < 4.78 is 5.33. The Bertz CT molecular complexity index is 922. The van der Waals surface area contributed by atoms with Gasteiger partial charge in [0.15, 0.2) is 0 Å². The quantitative estimate of drug-likeness (QED) is 0.586. The summed E-state index contributed by atoms with van der Waals surface area (Å²) in [6, 6.07) is 10.7. The van der Waals surface area contributed by atoms with E-state index < -0.39 is 10.9 Å². The van der Waals surface area contributed by atoms with Gasteiger partial charge in [0.2, 0.25) is 0 Å². The molecule has 3 rings (SSSR count). The normalized spacial score (nSPS) is 13.8. The topological polar surface area (TPSA) is 113 Å². The van der Waals surface area contributed by atoms with Gasteiger partial charge in [0.25, 0.3) is 11.6 Å². The van der Waals surface area contributed by atoms with E-state index in [4.69, 9.17) is 9.84 Å². The molecule has 152 valence electrons. The maximum atomic E-state index is 13.1. The first kappa shape index (κ1) is 20.3. The monoisotopic (exact) mass is 399 g/mol. The zero-order valence-electron chi connectivity index (χ0n) is 15.9. The third-order valence-electron chi connectivity index (χ3n) is 4.74. The Balaban J connectivity index is 1.88. The lowest BCUT2D eigenvalue weighted by Crippen LogP contribution is -2.38. The van der Waals surface area contributed by atoms with Crippen LogP contribution in [0, 0.1) is 10.1 Å². The molecule has 1 aliphatic rings. The van der Waals surface area contributed by atoms with Crippen LogP contribution in [-0.4, -0.2) is 60.2 Å². The maximum absolute atomic E-state index is 13.1. The Hall–Kier alpha value is -3.46. The SMILES string of the molecule is CN(Cc1ccc(C(=O)O)cc1)C(=O)c1cccc([N+](=O)[O-])c1N1CCOCC1. The summed E-state index contributed by atoms with van der Waals surface area (Å²) in [4.78, 5) is 38.4. The summed E-state index contributed by atoms with van der Waals surface area (Å²) in [7, 11) is 1.61. The lowest BCUT2D eigenvalue weighted by Gasteiger charge is -2.30. The molecule has 29 heavy (non-hydrogen) atoms. The van der Waals surface area contributed by atoms with E-state index in [1.807, 2.05) is 4.90 Å². The lowest BCUT2D eigenvalue weighted by atomic mass is 10.1. The molecule has 1 N–H and O–H groups in total. The molecule has 1 saturated heterocycles. The third kappa shape index (κ3) is 4.52. The number of benzene rings is 2. The highest BCUT2D eigenvalue weighted by Gasteiger charge is 2.28. The van der Waals surface area contributed by atoms with Gasteiger partial charge in [-0.15, -0.1) is 0 Å². The Morgan fingerprint density at radius 1 is 1.17 bits per heavy atom. The standard InChI is InChI=1S/C20H21N3O6/c1-21(13-14-5-7-15(8-6-14)20(25)26)19(24)16-3-2-4-17(23(27)28)18(16)22-9-11-29-12-10-22/h2-8H,9-13H2,1H3,(H,25,26). The summed E-state index contributed by atoms with van der Waals surface area (Å²) in [6.45, 7) is 2.04. The van der Waals surface area contributed by atoms with E-state index in [9.17, 15) is 19.7 Å². The lowest BCUT2D eigenvalue weighted by molar-refractivity contribution is -0.384. The van der Waals surface area contributed by atoms with Crippen LogP contribution in [0.3, 0.4) is 0 Å². The van der Waals surface area contributed by atoms with E-state index in [2.05, 4.69) is 0 Å². The smallest absolute Gasteiger partial charge is 0.335 e. The van der Waals surface area contributed by atoms with E-state index in [1.165, 1.54) is 29.2 Å². The van der Waals surface area contributed by atoms with Crippen molar-refractivity contribution in [3.8, 4) is 0 Å². The van der Waals surface area contributed by atoms with E-state index in [0.29, 0.717) is 32.0 Å². The van der Waals surface area contributed by atoms with Crippen molar-refractivity contribution in [3.63, 3.8) is 0 Å². The average Bonchev–Trinajstić information content (AvgIpc) is 2.73. The minimum Gasteiger partial charge on any atom is -0.478 e. The van der Waals surface area contributed by atoms with Crippen LogP contribution < -0.4 is 4.90 Å². The van der Waals surface area contributed by atoms with Crippen LogP contribution in [0.2, 0.25) is 0 Å². The van der Waals surface area contributed by atoms with Crippen molar-refractivity contribution in [2.75, 3.05) is 38.3 Å². The number of aromatic carboxylic acids is 1. The molecule has 0 atom stereocenters. The fourth-order valence-electron chi connectivity index (χ4n) is 3.27. The van der Waals surface area contributed by atoms with Gasteiger partial charge in [0.1, 0.15) is 5.69 Å². The number of morpholine rings is 1. The summed E-state index contributed by atoms with van der Waals surface area (Å²) >= 11 is 0. The highest BCUT2D eigenvalue weighted by Crippen LogP contribution is 2.33. The zero-order valence-corrected chi connectivity index (χ0v) is 15.9. The number of carbonyl (C=O) groups is 2. The molecular formula is C20H21N3O6. The van der Waals surface area contributed by atoms with Crippen LogP contribution in [-0.2, 0) is 11.3 Å². The van der Waals surface area contributed by atoms with Crippen LogP contribution in [0.5, 0.6) is 0 Å². The average molecular weight is 399 g/mol. The fraction of sp³-hybridized carbons (Fsp3) is 0.300. The molecule has 0 radical (unpaired) electrons. The number of para-hydroxylation sites is 1. The van der Waals surface area contributed by atoms with E-state index >= 15 is 0 Å². The number of carboxylic acids is 1. The van der Waals surface area contributed by atoms with Gasteiger partial charge in [-0.25, -0.2) is 4.79 Å². The molecule has 1 aliphatic heterocycles. The number of hydrogen-bond acceptors (Lipinski definition) is 6. The van der Waals surface area contributed by atoms with Gasteiger partial charge in [0.05, 0.1) is 29.3 Å². The Morgan fingerprint density at radius 2 is 1.83 bits per heavy atom. The first-order valence-electron chi connectivity index (χ1n) is 9.06. The molecule has 0 bridgehead atoms. The molecule has 0 aromatic heterocycles. The van der Waals surface area contributed by atoms with E-state index in [0.717, 1.165) is 5.56 Å². The number of carboxylic acid groups (broad SMARTS) is 1. The maximum Gasteiger partial charge on any atom is 0.335 e. The van der Waals surface area contributed by atoms with Gasteiger partial charge in [-0.3, -0.25) is 14.9 Å². The third-order valence-corrected chi connectivity index (χ3v) is 4.74. The molecule has 0 aliphatic carbocycles. The van der Waals surface area contributed by atoms with Crippen LogP contribution in [0.15, 0.2) is 42.5 Å². The second-order valence-corrected chi connectivity index (χ2v) is 6.69. The van der Waals surface area contributed by atoms with Gasteiger partial charge in [0, 0.05) is 32.7 Å². The molecule has 1 amide bonds. The molecule has 9 heteroatoms. The highest BCUT2D eigenvalue weighted by atomic mass is 16.6. The molecule has 2 aromatic rings. The molecule has 0 unspecified atom stereocenters. The minimum absolute atomic E-state index is 0.114. The van der Waals surface area contributed by atoms with Gasteiger partial charge in [-0.2, -0.15) is 0 Å². The number of nitrogens with zero attached hydrogens (tertiary/aromatic N) is 3. The molecular weight excluding hydrogens is 378 g/mol. The Morgan fingerprint density at radius 3 is 2.41 bits per heavy atom. The fourth-order valence-corrected chi connectivity index (χ4v) is 3.27. The van der Waals surface area contributed by atoms with Crippen LogP contribution >= 0.6 is 0 Å². The van der Waals surface area contributed by atoms with Crippen LogP contribution in [0.4, 0.5) is 11.4 Å². The van der Waals surface area contributed by atoms with Crippen molar-refractivity contribution in [1.29, 1.82) is 0 Å². The first-order valence-corrected chi connectivity index (χ1v) is 9.06. The van der Waals surface area contributed by atoms with Crippen molar-refractivity contribution in [2.24, 2.45) is 0 Å². The first-order chi connectivity index (χ1) is 13.9. The van der Waals surface area contributed by atoms with E-state index in [-0.39, 0.29) is 29.3 Å². The molecule has 9 nitrogen and oxygen atoms in total. The van der Waals surface area contributed by atoms with Gasteiger partial charge >= 0.3 is 5.97 Å². The number of anilines is 1. The van der Waals surface area contributed by atoms with Gasteiger partial charge in [-0.05, 0) is 23.8 Å². The minimum atomic E-state index is -1.02. The molecule has 1 heterocycles. The van der Waals surface area contributed by atoms with Crippen LogP contribution in [0.25, 0.3) is 0 Å². The number of carbonyl (C=O) groups excluding carboxylic acids is 1. The van der Waals surface area contributed by atoms with Crippen molar-refractivity contribution < 1.29 is 24.4 Å². The number of ether oxygens (including phenoxy) is 1. The molecule has 0 spiro atoms. The van der Waals surface area contributed by atoms with E-state index in [1.54, 1.807) is 25.2 Å². The Kier molecular flexibility index (Phi) is 6.08. The molecule has 2 aromatic carbocycles. The van der Waals surface area contributed by atoms with Gasteiger partial charge < -0.3 is 19.6 Å². The molecule has 1 fully saturated rings. The number of hydrogen-bond donors (Lipinski definition) is 1. The predicted molar refractivity (Wildman–Crippen MR) is 105 cm³/mol. The largest absolute Gasteiger partial charge is 0.478 e. The van der Waals surface area contributed by atoms with Crippen molar-refractivity contribution in [3.05, 3.63) is 69.3 Å². The highest BCUT2D eigenvalue weighted by molar-refractivity contribution is 6.01.